The molecular formula is C24H16F3N2+. The fourth-order valence-corrected chi connectivity index (χ4v) is 3.84. The van der Waals surface area contributed by atoms with Crippen LogP contribution in [-0.2, 0) is 6.18 Å². The van der Waals surface area contributed by atoms with Crippen LogP contribution < -0.4 is 4.99 Å². The maximum absolute atomic E-state index is 13.1. The number of benzene rings is 3. The number of alkyl halides is 3. The van der Waals surface area contributed by atoms with Crippen molar-refractivity contribution in [2.75, 3.05) is 0 Å². The topological polar surface area (TPSA) is 29.8 Å². The van der Waals surface area contributed by atoms with Gasteiger partial charge < -0.3 is 4.98 Å². The van der Waals surface area contributed by atoms with Crippen LogP contribution in [0.3, 0.4) is 0 Å². The first-order chi connectivity index (χ1) is 14.0. The van der Waals surface area contributed by atoms with Crippen molar-refractivity contribution in [1.82, 2.24) is 4.98 Å². The number of para-hydroxylation sites is 2. The van der Waals surface area contributed by atoms with E-state index in [1.165, 1.54) is 0 Å². The van der Waals surface area contributed by atoms with Gasteiger partial charge in [0.15, 0.2) is 6.21 Å². The van der Waals surface area contributed by atoms with Crippen molar-refractivity contribution in [3.63, 3.8) is 0 Å². The highest BCUT2D eigenvalue weighted by Crippen LogP contribution is 2.38. The van der Waals surface area contributed by atoms with E-state index in [2.05, 4.69) is 9.98 Å². The van der Waals surface area contributed by atoms with Crippen molar-refractivity contribution in [3.05, 3.63) is 101 Å². The maximum atomic E-state index is 13.1. The Morgan fingerprint density at radius 1 is 0.828 bits per heavy atom. The number of halogens is 3. The van der Waals surface area contributed by atoms with E-state index in [1.807, 2.05) is 60.9 Å². The molecule has 3 aromatic carbocycles. The lowest BCUT2D eigenvalue weighted by molar-refractivity contribution is -0.342. The highest BCUT2D eigenvalue weighted by atomic mass is 19.4. The summed E-state index contributed by atoms with van der Waals surface area (Å²) < 4.78 is 39.2. The SMILES string of the molecule is FC(F)(F)c1ccc(/C(=C2\C=[NH+]c3ccccc32)c2c[nH]c3ccccc23)cc1. The average molecular weight is 389 g/mol. The van der Waals surface area contributed by atoms with Gasteiger partial charge in [0.2, 0.25) is 5.69 Å². The molecule has 0 fully saturated rings. The average Bonchev–Trinajstić information content (AvgIpc) is 3.34. The molecule has 2 nitrogen and oxygen atoms in total. The molecule has 0 spiro atoms. The molecule has 0 unspecified atom stereocenters. The van der Waals surface area contributed by atoms with E-state index in [1.54, 1.807) is 12.1 Å². The van der Waals surface area contributed by atoms with Crippen molar-refractivity contribution in [2.45, 2.75) is 6.18 Å². The van der Waals surface area contributed by atoms with E-state index in [0.717, 1.165) is 56.6 Å². The third kappa shape index (κ3) is 2.95. The van der Waals surface area contributed by atoms with E-state index in [0.29, 0.717) is 0 Å². The fourth-order valence-electron chi connectivity index (χ4n) is 3.84. The number of fused-ring (bicyclic) bond motifs is 2. The van der Waals surface area contributed by atoms with E-state index in [4.69, 9.17) is 0 Å². The third-order valence-electron chi connectivity index (χ3n) is 5.22. The van der Waals surface area contributed by atoms with Crippen LogP contribution in [0.2, 0.25) is 0 Å². The zero-order valence-electron chi connectivity index (χ0n) is 15.2. The van der Waals surface area contributed by atoms with Crippen LogP contribution in [0, 0.1) is 0 Å². The molecule has 1 aliphatic heterocycles. The molecule has 5 heteroatoms. The van der Waals surface area contributed by atoms with Crippen molar-refractivity contribution < 1.29 is 18.2 Å². The Bertz CT molecular complexity index is 1280. The molecule has 0 aliphatic carbocycles. The summed E-state index contributed by atoms with van der Waals surface area (Å²) in [5.74, 6) is 0. The van der Waals surface area contributed by atoms with E-state index >= 15 is 0 Å². The lowest BCUT2D eigenvalue weighted by Gasteiger charge is -2.12. The van der Waals surface area contributed by atoms with Gasteiger partial charge >= 0.3 is 6.18 Å². The standard InChI is InChI=1S/C24H15F3N2/c25-24(26,27)16-11-9-15(10-12-16)23(19-13-28-21-7-3-1-5-17(19)21)20-14-29-22-8-4-2-6-18(20)22/h1-14,28H/p+1/b23-20-. The Morgan fingerprint density at radius 2 is 1.55 bits per heavy atom. The van der Waals surface area contributed by atoms with E-state index < -0.39 is 11.7 Å². The summed E-state index contributed by atoms with van der Waals surface area (Å²) in [7, 11) is 0. The molecule has 0 atom stereocenters. The zero-order chi connectivity index (χ0) is 20.0. The number of aromatic amines is 1. The molecule has 0 saturated carbocycles. The quantitative estimate of drug-likeness (QED) is 0.486. The van der Waals surface area contributed by atoms with Crippen LogP contribution in [0.25, 0.3) is 22.0 Å². The Hall–Kier alpha value is -3.60. The molecule has 2 N–H and O–H groups in total. The number of allylic oxidation sites excluding steroid dienone is 1. The van der Waals surface area contributed by atoms with Gasteiger partial charge in [-0.3, -0.25) is 0 Å². The van der Waals surface area contributed by atoms with Crippen molar-refractivity contribution in [3.8, 4) is 0 Å². The minimum absolute atomic E-state index is 0.654. The van der Waals surface area contributed by atoms with E-state index in [9.17, 15) is 13.2 Å². The number of rotatable bonds is 2. The predicted octanol–water partition coefficient (Wildman–Crippen LogP) is 4.94. The second-order valence-corrected chi connectivity index (χ2v) is 6.95. The van der Waals surface area contributed by atoms with Gasteiger partial charge in [0.05, 0.1) is 16.7 Å². The largest absolute Gasteiger partial charge is 0.416 e. The lowest BCUT2D eigenvalue weighted by Crippen LogP contribution is -2.58. The van der Waals surface area contributed by atoms with Gasteiger partial charge in [-0.25, -0.2) is 4.99 Å². The van der Waals surface area contributed by atoms with Crippen molar-refractivity contribution in [2.24, 2.45) is 0 Å². The lowest BCUT2D eigenvalue weighted by atomic mass is 9.89. The van der Waals surface area contributed by atoms with Gasteiger partial charge in [0, 0.05) is 34.3 Å². The van der Waals surface area contributed by atoms with E-state index in [-0.39, 0.29) is 0 Å². The fraction of sp³-hybridized carbons (Fsp3) is 0.0417. The molecule has 142 valence electrons. The van der Waals surface area contributed by atoms with Gasteiger partial charge in [-0.05, 0) is 29.8 Å². The zero-order valence-corrected chi connectivity index (χ0v) is 15.2. The Kier molecular flexibility index (Phi) is 3.91. The molecular weight excluding hydrogens is 373 g/mol. The molecule has 1 aromatic heterocycles. The maximum Gasteiger partial charge on any atom is 0.416 e. The van der Waals surface area contributed by atoms with Gasteiger partial charge in [0.25, 0.3) is 0 Å². The number of aromatic nitrogens is 1. The second-order valence-electron chi connectivity index (χ2n) is 6.95. The summed E-state index contributed by atoms with van der Waals surface area (Å²) in [4.78, 5) is 6.55. The Morgan fingerprint density at radius 3 is 2.34 bits per heavy atom. The molecule has 4 aromatic rings. The number of hydrogen-bond donors (Lipinski definition) is 2. The van der Waals surface area contributed by atoms with Crippen LogP contribution in [0.4, 0.5) is 18.9 Å². The van der Waals surface area contributed by atoms with Gasteiger partial charge in [-0.15, -0.1) is 0 Å². The molecule has 29 heavy (non-hydrogen) atoms. The first-order valence-electron chi connectivity index (χ1n) is 9.20. The number of nitrogens with one attached hydrogen (secondary N) is 2. The molecule has 2 heterocycles. The predicted molar refractivity (Wildman–Crippen MR) is 109 cm³/mol. The minimum atomic E-state index is -4.36. The summed E-state index contributed by atoms with van der Waals surface area (Å²) in [5.41, 5.74) is 5.83. The van der Waals surface area contributed by atoms with Crippen LogP contribution in [0.15, 0.2) is 79.0 Å². The summed E-state index contributed by atoms with van der Waals surface area (Å²) in [6, 6.07) is 21.2. The van der Waals surface area contributed by atoms with Crippen molar-refractivity contribution in [1.29, 1.82) is 0 Å². The summed E-state index contributed by atoms with van der Waals surface area (Å²) in [5, 5.41) is 1.02. The highest BCUT2D eigenvalue weighted by Gasteiger charge is 2.31. The molecule has 0 bridgehead atoms. The van der Waals surface area contributed by atoms with Gasteiger partial charge in [-0.2, -0.15) is 13.2 Å². The molecule has 0 saturated heterocycles. The molecule has 5 rings (SSSR count). The smallest absolute Gasteiger partial charge is 0.361 e. The third-order valence-corrected chi connectivity index (χ3v) is 5.22. The Labute approximate surface area is 165 Å². The molecule has 0 amide bonds. The summed E-state index contributed by atoms with van der Waals surface area (Å²) >= 11 is 0. The monoisotopic (exact) mass is 389 g/mol. The van der Waals surface area contributed by atoms with Gasteiger partial charge in [-0.1, -0.05) is 42.5 Å². The normalized spacial score (nSPS) is 15.0. The van der Waals surface area contributed by atoms with Crippen LogP contribution in [-0.4, -0.2) is 11.2 Å². The summed E-state index contributed by atoms with van der Waals surface area (Å²) in [6.07, 6.45) is -0.529. The minimum Gasteiger partial charge on any atom is -0.361 e. The number of hydrogen-bond acceptors (Lipinski definition) is 0. The van der Waals surface area contributed by atoms with Crippen LogP contribution in [0.5, 0.6) is 0 Å². The van der Waals surface area contributed by atoms with Crippen LogP contribution >= 0.6 is 0 Å². The first kappa shape index (κ1) is 17.5. The number of H-pyrrole nitrogens is 1. The first-order valence-corrected chi connectivity index (χ1v) is 9.20. The molecule has 1 aliphatic rings. The molecule has 0 radical (unpaired) electrons. The van der Waals surface area contributed by atoms with Crippen LogP contribution in [0.1, 0.15) is 22.3 Å². The Balaban J connectivity index is 1.78. The van der Waals surface area contributed by atoms with Crippen molar-refractivity contribution >= 4 is 34.0 Å². The second kappa shape index (κ2) is 6.48. The highest BCUT2D eigenvalue weighted by molar-refractivity contribution is 6.24. The summed E-state index contributed by atoms with van der Waals surface area (Å²) in [6.45, 7) is 0. The van der Waals surface area contributed by atoms with Gasteiger partial charge in [0.1, 0.15) is 0 Å².